The lowest BCUT2D eigenvalue weighted by molar-refractivity contribution is -0.275. The van der Waals surface area contributed by atoms with Gasteiger partial charge in [0.15, 0.2) is 11.6 Å². The average molecular weight is 367 g/mol. The fourth-order valence-corrected chi connectivity index (χ4v) is 2.00. The third-order valence-electron chi connectivity index (χ3n) is 2.88. The van der Waals surface area contributed by atoms with E-state index in [0.29, 0.717) is 0 Å². The fourth-order valence-electron chi connectivity index (χ4n) is 2.00. The Morgan fingerprint density at radius 2 is 1.72 bits per heavy atom. The minimum Gasteiger partial charge on any atom is -0.444 e. The number of alkyl halides is 3. The molecule has 0 radical (unpaired) electrons. The van der Waals surface area contributed by atoms with E-state index in [9.17, 15) is 27.5 Å². The molecule has 1 aromatic carbocycles. The van der Waals surface area contributed by atoms with Crippen LogP contribution in [0.1, 0.15) is 46.2 Å². The normalized spacial score (nSPS) is 14.0. The number of nitrogens with one attached hydrogen (secondary N) is 1. The Balaban J connectivity index is 3.09. The van der Waals surface area contributed by atoms with Gasteiger partial charge in [-0.3, -0.25) is 0 Å². The van der Waals surface area contributed by atoms with Crippen molar-refractivity contribution in [2.24, 2.45) is 0 Å². The third-order valence-corrected chi connectivity index (χ3v) is 2.88. The SMILES string of the molecule is CC(C)(C)OC(=O)NC(c1ccc(OC(F)(F)F)c(F)c1)C(C)(C)O. The van der Waals surface area contributed by atoms with E-state index in [-0.39, 0.29) is 5.56 Å². The summed E-state index contributed by atoms with van der Waals surface area (Å²) in [6.45, 7) is 7.61. The maximum Gasteiger partial charge on any atom is 0.573 e. The molecule has 2 N–H and O–H groups in total. The Hall–Kier alpha value is -2.03. The van der Waals surface area contributed by atoms with Crippen LogP contribution in [0.4, 0.5) is 22.4 Å². The smallest absolute Gasteiger partial charge is 0.444 e. The van der Waals surface area contributed by atoms with Crippen molar-refractivity contribution in [3.05, 3.63) is 29.6 Å². The number of halogens is 4. The summed E-state index contributed by atoms with van der Waals surface area (Å²) in [7, 11) is 0. The molecule has 0 aliphatic rings. The molecule has 0 fully saturated rings. The van der Waals surface area contributed by atoms with Crippen LogP contribution in [0.5, 0.6) is 5.75 Å². The van der Waals surface area contributed by atoms with Crippen molar-refractivity contribution in [1.82, 2.24) is 5.32 Å². The molecule has 0 aliphatic carbocycles. The molecule has 1 unspecified atom stereocenters. The monoisotopic (exact) mass is 367 g/mol. The second-order valence-electron chi connectivity index (χ2n) is 6.97. The summed E-state index contributed by atoms with van der Waals surface area (Å²) in [5, 5.41) is 12.6. The second-order valence-corrected chi connectivity index (χ2v) is 6.97. The fraction of sp³-hybridized carbons (Fsp3) is 0.562. The molecule has 0 bridgehead atoms. The number of carbonyl (C=O) groups excluding carboxylic acids is 1. The molecule has 25 heavy (non-hydrogen) atoms. The first-order valence-electron chi connectivity index (χ1n) is 7.35. The van der Waals surface area contributed by atoms with E-state index in [1.807, 2.05) is 0 Å². The maximum atomic E-state index is 13.9. The van der Waals surface area contributed by atoms with Crippen LogP contribution in [0, 0.1) is 5.82 Å². The van der Waals surface area contributed by atoms with Gasteiger partial charge in [0.2, 0.25) is 0 Å². The van der Waals surface area contributed by atoms with E-state index >= 15 is 0 Å². The summed E-state index contributed by atoms with van der Waals surface area (Å²) in [6, 6.07) is 1.51. The molecule has 0 saturated carbocycles. The van der Waals surface area contributed by atoms with Gasteiger partial charge in [-0.15, -0.1) is 13.2 Å². The zero-order valence-electron chi connectivity index (χ0n) is 14.5. The molecule has 9 heteroatoms. The highest BCUT2D eigenvalue weighted by molar-refractivity contribution is 5.68. The summed E-state index contributed by atoms with van der Waals surface area (Å²) >= 11 is 0. The Labute approximate surface area is 142 Å². The van der Waals surface area contributed by atoms with Crippen molar-refractivity contribution >= 4 is 6.09 Å². The Kier molecular flexibility index (Phi) is 5.94. The van der Waals surface area contributed by atoms with E-state index in [2.05, 4.69) is 10.1 Å². The van der Waals surface area contributed by atoms with Gasteiger partial charge < -0.3 is 19.9 Å². The van der Waals surface area contributed by atoms with Gasteiger partial charge in [0.05, 0.1) is 11.6 Å². The highest BCUT2D eigenvalue weighted by Crippen LogP contribution is 2.31. The molecule has 1 aromatic rings. The van der Waals surface area contributed by atoms with Gasteiger partial charge in [0.25, 0.3) is 0 Å². The van der Waals surface area contributed by atoms with Gasteiger partial charge in [0, 0.05) is 0 Å². The average Bonchev–Trinajstić information content (AvgIpc) is 2.33. The molecule has 0 spiro atoms. The maximum absolute atomic E-state index is 13.9. The molecule has 0 aliphatic heterocycles. The van der Waals surface area contributed by atoms with Crippen molar-refractivity contribution in [3.63, 3.8) is 0 Å². The van der Waals surface area contributed by atoms with E-state index in [4.69, 9.17) is 4.74 Å². The predicted molar refractivity (Wildman–Crippen MR) is 81.5 cm³/mol. The number of hydrogen-bond donors (Lipinski definition) is 2. The van der Waals surface area contributed by atoms with Gasteiger partial charge in [-0.25, -0.2) is 9.18 Å². The van der Waals surface area contributed by atoms with Crippen molar-refractivity contribution in [3.8, 4) is 5.75 Å². The third kappa shape index (κ3) is 7.16. The van der Waals surface area contributed by atoms with Crippen LogP contribution in [-0.4, -0.2) is 28.8 Å². The molecule has 1 rings (SSSR count). The lowest BCUT2D eigenvalue weighted by Gasteiger charge is -2.31. The second kappa shape index (κ2) is 7.07. The van der Waals surface area contributed by atoms with Crippen LogP contribution < -0.4 is 10.1 Å². The lowest BCUT2D eigenvalue weighted by atomic mass is 9.92. The number of benzene rings is 1. The van der Waals surface area contributed by atoms with Crippen molar-refractivity contribution in [2.45, 2.75) is 58.2 Å². The number of rotatable bonds is 4. The number of alkyl carbamates (subject to hydrolysis) is 1. The number of amides is 1. The quantitative estimate of drug-likeness (QED) is 0.788. The van der Waals surface area contributed by atoms with Gasteiger partial charge in [-0.2, -0.15) is 0 Å². The first-order chi connectivity index (χ1) is 11.1. The van der Waals surface area contributed by atoms with Crippen LogP contribution in [0.15, 0.2) is 18.2 Å². The minimum atomic E-state index is -5.03. The van der Waals surface area contributed by atoms with Crippen LogP contribution in [-0.2, 0) is 4.74 Å². The van der Waals surface area contributed by atoms with Crippen LogP contribution in [0.3, 0.4) is 0 Å². The number of hydrogen-bond acceptors (Lipinski definition) is 4. The summed E-state index contributed by atoms with van der Waals surface area (Å²) in [5.74, 6) is -2.29. The zero-order valence-corrected chi connectivity index (χ0v) is 14.5. The molecule has 0 heterocycles. The molecule has 5 nitrogen and oxygen atoms in total. The highest BCUT2D eigenvalue weighted by atomic mass is 19.4. The van der Waals surface area contributed by atoms with Crippen molar-refractivity contribution in [1.29, 1.82) is 0 Å². The Morgan fingerprint density at radius 3 is 2.12 bits per heavy atom. The predicted octanol–water partition coefficient (Wildman–Crippen LogP) is 4.06. The first kappa shape index (κ1) is 21.0. The number of ether oxygens (including phenoxy) is 2. The summed E-state index contributed by atoms with van der Waals surface area (Å²) in [5.41, 5.74) is -2.30. The number of carbonyl (C=O) groups is 1. The Bertz CT molecular complexity index is 618. The van der Waals surface area contributed by atoms with E-state index in [1.165, 1.54) is 13.8 Å². The standard InChI is InChI=1S/C16H21F4NO4/c1-14(2,3)25-13(22)21-12(15(4,5)23)9-6-7-11(10(17)8-9)24-16(18,19)20/h6-8,12,23H,1-5H3,(H,21,22). The van der Waals surface area contributed by atoms with E-state index in [0.717, 1.165) is 18.2 Å². The lowest BCUT2D eigenvalue weighted by Crippen LogP contribution is -2.44. The van der Waals surface area contributed by atoms with Gasteiger partial charge in [-0.1, -0.05) is 6.07 Å². The molecule has 1 atom stereocenters. The molecule has 0 saturated heterocycles. The Morgan fingerprint density at radius 1 is 1.16 bits per heavy atom. The van der Waals surface area contributed by atoms with Crippen molar-refractivity contribution < 1.29 is 36.9 Å². The molecule has 0 aromatic heterocycles. The molecule has 1 amide bonds. The van der Waals surface area contributed by atoms with Crippen LogP contribution >= 0.6 is 0 Å². The van der Waals surface area contributed by atoms with Crippen LogP contribution in [0.2, 0.25) is 0 Å². The summed E-state index contributed by atoms with van der Waals surface area (Å²) < 4.78 is 59.1. The molecular weight excluding hydrogens is 346 g/mol. The van der Waals surface area contributed by atoms with E-state index in [1.54, 1.807) is 20.8 Å². The summed E-state index contributed by atoms with van der Waals surface area (Å²) in [6.07, 6.45) is -5.90. The topological polar surface area (TPSA) is 67.8 Å². The van der Waals surface area contributed by atoms with Crippen molar-refractivity contribution in [2.75, 3.05) is 0 Å². The largest absolute Gasteiger partial charge is 0.573 e. The van der Waals surface area contributed by atoms with E-state index < -0.39 is 41.3 Å². The first-order valence-corrected chi connectivity index (χ1v) is 7.35. The molecule has 142 valence electrons. The highest BCUT2D eigenvalue weighted by Gasteiger charge is 2.34. The summed E-state index contributed by atoms with van der Waals surface area (Å²) in [4.78, 5) is 11.9. The zero-order chi connectivity index (χ0) is 19.6. The van der Waals surface area contributed by atoms with Gasteiger partial charge in [-0.05, 0) is 52.3 Å². The van der Waals surface area contributed by atoms with Crippen LogP contribution in [0.25, 0.3) is 0 Å². The molecular formula is C16H21F4NO4. The minimum absolute atomic E-state index is 0.0467. The number of aliphatic hydroxyl groups is 1. The van der Waals surface area contributed by atoms with Gasteiger partial charge >= 0.3 is 12.5 Å². The van der Waals surface area contributed by atoms with Gasteiger partial charge in [0.1, 0.15) is 5.60 Å².